The maximum atomic E-state index is 6.12. The number of rotatable bonds is 5. The monoisotopic (exact) mass is 395 g/mol. The highest BCUT2D eigenvalue weighted by Crippen LogP contribution is 2.55. The highest BCUT2D eigenvalue weighted by atomic mass is 32.3. The lowest BCUT2D eigenvalue weighted by molar-refractivity contribution is 0.152. The molecule has 0 aromatic heterocycles. The molecule has 3 aromatic carbocycles. The van der Waals surface area contributed by atoms with Crippen LogP contribution in [0.3, 0.4) is 0 Å². The van der Waals surface area contributed by atoms with E-state index < -0.39 is 3.60 Å². The molecular weight excluding hydrogens is 378 g/mol. The third-order valence-corrected chi connectivity index (χ3v) is 7.95. The van der Waals surface area contributed by atoms with E-state index in [-0.39, 0.29) is 0 Å². The normalized spacial score (nSPS) is 15.8. The summed E-state index contributed by atoms with van der Waals surface area (Å²) in [5.41, 5.74) is 2.09. The van der Waals surface area contributed by atoms with Crippen molar-refractivity contribution < 1.29 is 4.84 Å². The Hall–Kier alpha value is -1.82. The van der Waals surface area contributed by atoms with Crippen molar-refractivity contribution in [1.29, 1.82) is 0 Å². The summed E-state index contributed by atoms with van der Waals surface area (Å²) in [4.78, 5) is 8.45. The summed E-state index contributed by atoms with van der Waals surface area (Å²) in [7, 11) is 0. The molecule has 0 unspecified atom stereocenters. The molecule has 1 aliphatic heterocycles. The van der Waals surface area contributed by atoms with Crippen LogP contribution in [-0.4, -0.2) is 15.1 Å². The molecule has 5 heteroatoms. The zero-order valence-electron chi connectivity index (χ0n) is 13.9. The zero-order valence-corrected chi connectivity index (χ0v) is 16.4. The van der Waals surface area contributed by atoms with E-state index in [1.165, 1.54) is 9.79 Å². The van der Waals surface area contributed by atoms with Crippen molar-refractivity contribution in [2.75, 3.05) is 5.75 Å². The Morgan fingerprint density at radius 1 is 0.731 bits per heavy atom. The molecule has 0 bridgehead atoms. The van der Waals surface area contributed by atoms with Gasteiger partial charge in [-0.15, -0.1) is 0 Å². The minimum absolute atomic E-state index is 0.541. The standard InChI is InChI=1S/C21H17NOS3/c1-4-10-17(11-5-1)20-16-24-21(23-22-20,25-18-12-6-2-7-13-18)26-19-14-8-3-9-15-19/h1-15H,16H2. The number of benzene rings is 3. The van der Waals surface area contributed by atoms with Crippen LogP contribution in [0.5, 0.6) is 0 Å². The van der Waals surface area contributed by atoms with Gasteiger partial charge in [0.1, 0.15) is 0 Å². The summed E-state index contributed by atoms with van der Waals surface area (Å²) in [6.07, 6.45) is 0. The second-order valence-corrected chi connectivity index (χ2v) is 10.0. The van der Waals surface area contributed by atoms with Crippen LogP contribution in [0.1, 0.15) is 5.56 Å². The van der Waals surface area contributed by atoms with E-state index in [1.54, 1.807) is 35.3 Å². The average Bonchev–Trinajstić information content (AvgIpc) is 2.71. The average molecular weight is 396 g/mol. The first-order valence-corrected chi connectivity index (χ1v) is 10.9. The van der Waals surface area contributed by atoms with Crippen LogP contribution in [0.4, 0.5) is 0 Å². The lowest BCUT2D eigenvalue weighted by atomic mass is 10.1. The molecule has 0 spiro atoms. The molecule has 0 saturated carbocycles. The third-order valence-electron chi connectivity index (χ3n) is 3.73. The quantitative estimate of drug-likeness (QED) is 0.469. The Morgan fingerprint density at radius 3 is 1.69 bits per heavy atom. The summed E-state index contributed by atoms with van der Waals surface area (Å²) in [6.45, 7) is 0. The van der Waals surface area contributed by atoms with Gasteiger partial charge in [0.2, 0.25) is 0 Å². The van der Waals surface area contributed by atoms with Gasteiger partial charge in [0.25, 0.3) is 3.60 Å². The fraction of sp³-hybridized carbons (Fsp3) is 0.0952. The van der Waals surface area contributed by atoms with E-state index in [4.69, 9.17) is 4.84 Å². The van der Waals surface area contributed by atoms with Gasteiger partial charge in [0.05, 0.1) is 5.71 Å². The molecule has 1 aliphatic rings. The molecular formula is C21H17NOS3. The Morgan fingerprint density at radius 2 is 1.23 bits per heavy atom. The molecule has 26 heavy (non-hydrogen) atoms. The highest BCUT2D eigenvalue weighted by molar-refractivity contribution is 8.33. The molecule has 1 heterocycles. The summed E-state index contributed by atoms with van der Waals surface area (Å²) < 4.78 is -0.541. The van der Waals surface area contributed by atoms with Crippen LogP contribution < -0.4 is 0 Å². The summed E-state index contributed by atoms with van der Waals surface area (Å²) in [6, 6.07) is 30.9. The molecule has 0 radical (unpaired) electrons. The lowest BCUT2D eigenvalue weighted by Crippen LogP contribution is -2.26. The predicted octanol–water partition coefficient (Wildman–Crippen LogP) is 6.35. The zero-order chi connectivity index (χ0) is 17.7. The van der Waals surface area contributed by atoms with E-state index >= 15 is 0 Å². The maximum Gasteiger partial charge on any atom is 0.284 e. The lowest BCUT2D eigenvalue weighted by Gasteiger charge is -2.32. The van der Waals surface area contributed by atoms with Crippen LogP contribution >= 0.6 is 35.3 Å². The molecule has 3 aromatic rings. The molecule has 0 N–H and O–H groups in total. The van der Waals surface area contributed by atoms with Crippen LogP contribution in [0.2, 0.25) is 0 Å². The second-order valence-electron chi connectivity index (χ2n) is 5.61. The van der Waals surface area contributed by atoms with Gasteiger partial charge in [0, 0.05) is 21.1 Å². The molecule has 130 valence electrons. The Kier molecular flexibility index (Phi) is 5.58. The largest absolute Gasteiger partial charge is 0.354 e. The first kappa shape index (κ1) is 17.6. The molecule has 0 aliphatic carbocycles. The molecule has 0 atom stereocenters. The van der Waals surface area contributed by atoms with Crippen LogP contribution in [0, 0.1) is 0 Å². The van der Waals surface area contributed by atoms with Crippen LogP contribution in [-0.2, 0) is 4.84 Å². The summed E-state index contributed by atoms with van der Waals surface area (Å²) >= 11 is 5.18. The molecule has 4 rings (SSSR count). The van der Waals surface area contributed by atoms with Crippen LogP contribution in [0.25, 0.3) is 0 Å². The van der Waals surface area contributed by atoms with Crippen molar-refractivity contribution >= 4 is 41.0 Å². The number of hydrogen-bond acceptors (Lipinski definition) is 5. The fourth-order valence-corrected chi connectivity index (χ4v) is 6.55. The van der Waals surface area contributed by atoms with Gasteiger partial charge in [-0.1, -0.05) is 107 Å². The van der Waals surface area contributed by atoms with Crippen molar-refractivity contribution in [1.82, 2.24) is 0 Å². The highest BCUT2D eigenvalue weighted by Gasteiger charge is 2.40. The maximum absolute atomic E-state index is 6.12. The van der Waals surface area contributed by atoms with Crippen molar-refractivity contribution in [2.24, 2.45) is 5.16 Å². The van der Waals surface area contributed by atoms with E-state index in [0.29, 0.717) is 0 Å². The van der Waals surface area contributed by atoms with Crippen molar-refractivity contribution in [2.45, 2.75) is 13.4 Å². The molecule has 2 nitrogen and oxygen atoms in total. The van der Waals surface area contributed by atoms with E-state index in [0.717, 1.165) is 17.0 Å². The molecule has 0 saturated heterocycles. The minimum atomic E-state index is -0.541. The fourth-order valence-electron chi connectivity index (χ4n) is 2.47. The topological polar surface area (TPSA) is 21.6 Å². The molecule has 0 amide bonds. The van der Waals surface area contributed by atoms with Crippen molar-refractivity contribution in [3.63, 3.8) is 0 Å². The predicted molar refractivity (Wildman–Crippen MR) is 114 cm³/mol. The first-order chi connectivity index (χ1) is 12.8. The molecule has 0 fully saturated rings. The number of hydrogen-bond donors (Lipinski definition) is 0. The number of nitrogens with zero attached hydrogens (tertiary/aromatic N) is 1. The van der Waals surface area contributed by atoms with Gasteiger partial charge < -0.3 is 4.84 Å². The minimum Gasteiger partial charge on any atom is -0.354 e. The summed E-state index contributed by atoms with van der Waals surface area (Å²) in [5, 5.41) is 4.50. The Balaban J connectivity index is 1.61. The van der Waals surface area contributed by atoms with E-state index in [2.05, 4.69) is 65.8 Å². The van der Waals surface area contributed by atoms with Gasteiger partial charge in [-0.3, -0.25) is 0 Å². The Labute approximate surface area is 166 Å². The first-order valence-electron chi connectivity index (χ1n) is 8.26. The van der Waals surface area contributed by atoms with Crippen molar-refractivity contribution in [3.05, 3.63) is 96.6 Å². The van der Waals surface area contributed by atoms with Gasteiger partial charge in [-0.25, -0.2) is 0 Å². The van der Waals surface area contributed by atoms with E-state index in [9.17, 15) is 0 Å². The smallest absolute Gasteiger partial charge is 0.284 e. The van der Waals surface area contributed by atoms with E-state index in [1.807, 2.05) is 30.3 Å². The number of oxime groups is 1. The second kappa shape index (κ2) is 8.25. The Bertz CT molecular complexity index is 828. The van der Waals surface area contributed by atoms with Gasteiger partial charge in [-0.2, -0.15) is 0 Å². The third kappa shape index (κ3) is 4.29. The van der Waals surface area contributed by atoms with Gasteiger partial charge >= 0.3 is 0 Å². The number of thioether (sulfide) groups is 3. The SMILES string of the molecule is c1ccc(SC2(Sc3ccccc3)ON=C(c3ccccc3)CS2)cc1. The van der Waals surface area contributed by atoms with Crippen molar-refractivity contribution in [3.8, 4) is 0 Å². The summed E-state index contributed by atoms with van der Waals surface area (Å²) in [5.74, 6) is 0.809. The van der Waals surface area contributed by atoms with Gasteiger partial charge in [0.15, 0.2) is 0 Å². The van der Waals surface area contributed by atoms with Gasteiger partial charge in [-0.05, 0) is 24.3 Å². The van der Waals surface area contributed by atoms with Crippen LogP contribution in [0.15, 0.2) is 106 Å².